The lowest BCUT2D eigenvalue weighted by Crippen LogP contribution is -2.57. The first-order valence-corrected chi connectivity index (χ1v) is 6.47. The van der Waals surface area contributed by atoms with Crippen LogP contribution in [0.3, 0.4) is 0 Å². The molecule has 1 amide bonds. The van der Waals surface area contributed by atoms with Gasteiger partial charge in [-0.05, 0) is 44.0 Å². The fourth-order valence-electron chi connectivity index (χ4n) is 2.92. The number of pyridine rings is 1. The van der Waals surface area contributed by atoms with Gasteiger partial charge < -0.3 is 16.0 Å². The van der Waals surface area contributed by atoms with Crippen molar-refractivity contribution in [2.75, 3.05) is 25.4 Å². The summed E-state index contributed by atoms with van der Waals surface area (Å²) in [6.45, 7) is 3.35. The Balaban J connectivity index is 1.66. The maximum absolute atomic E-state index is 12.1. The van der Waals surface area contributed by atoms with Gasteiger partial charge >= 0.3 is 0 Å². The molecule has 1 unspecified atom stereocenters. The number of carbonyl (C=O) groups excluding carboxylic acids is 1. The molecular formula is C13H18N4O. The summed E-state index contributed by atoms with van der Waals surface area (Å²) < 4.78 is 0. The molecule has 5 nitrogen and oxygen atoms in total. The Labute approximate surface area is 106 Å². The monoisotopic (exact) mass is 246 g/mol. The fraction of sp³-hybridized carbons (Fsp3) is 0.538. The Bertz CT molecular complexity index is 437. The number of rotatable bonds is 2. The van der Waals surface area contributed by atoms with Gasteiger partial charge in [0.2, 0.25) is 0 Å². The summed E-state index contributed by atoms with van der Waals surface area (Å²) in [5.41, 5.74) is 6.09. The van der Waals surface area contributed by atoms with Crippen LogP contribution in [0.25, 0.3) is 0 Å². The van der Waals surface area contributed by atoms with Crippen LogP contribution in [0.5, 0.6) is 0 Å². The van der Waals surface area contributed by atoms with Crippen LogP contribution in [0, 0.1) is 5.92 Å². The summed E-state index contributed by atoms with van der Waals surface area (Å²) in [5, 5.41) is 3.12. The third-order valence-corrected chi connectivity index (χ3v) is 4.02. The third kappa shape index (κ3) is 2.18. The van der Waals surface area contributed by atoms with E-state index in [2.05, 4.69) is 15.2 Å². The zero-order valence-corrected chi connectivity index (χ0v) is 10.3. The smallest absolute Gasteiger partial charge is 0.253 e. The molecule has 0 saturated carbocycles. The molecule has 96 valence electrons. The van der Waals surface area contributed by atoms with Crippen molar-refractivity contribution in [2.45, 2.75) is 18.9 Å². The Kier molecular flexibility index (Phi) is 2.91. The maximum Gasteiger partial charge on any atom is 0.253 e. The fourth-order valence-corrected chi connectivity index (χ4v) is 2.92. The molecule has 3 fully saturated rings. The first kappa shape index (κ1) is 11.5. The van der Waals surface area contributed by atoms with Gasteiger partial charge in [-0.2, -0.15) is 0 Å². The molecule has 3 aliphatic rings. The van der Waals surface area contributed by atoms with Crippen LogP contribution in [-0.2, 0) is 0 Å². The molecular weight excluding hydrogens is 228 g/mol. The van der Waals surface area contributed by atoms with Crippen molar-refractivity contribution < 1.29 is 4.79 Å². The molecule has 4 heterocycles. The molecule has 3 N–H and O–H groups in total. The molecule has 5 heteroatoms. The van der Waals surface area contributed by atoms with Gasteiger partial charge in [0.25, 0.3) is 5.91 Å². The molecule has 3 aliphatic heterocycles. The highest BCUT2D eigenvalue weighted by molar-refractivity contribution is 5.94. The Morgan fingerprint density at radius 3 is 2.72 bits per heavy atom. The Morgan fingerprint density at radius 2 is 2.17 bits per heavy atom. The van der Waals surface area contributed by atoms with E-state index in [1.54, 1.807) is 12.1 Å². The lowest BCUT2D eigenvalue weighted by molar-refractivity contribution is 0.0620. The van der Waals surface area contributed by atoms with Crippen LogP contribution in [-0.4, -0.2) is 41.5 Å². The topological polar surface area (TPSA) is 71.2 Å². The number of fused-ring (bicyclic) bond motifs is 3. The highest BCUT2D eigenvalue weighted by Crippen LogP contribution is 2.27. The lowest BCUT2D eigenvalue weighted by Gasteiger charge is -2.44. The molecule has 1 atom stereocenters. The lowest BCUT2D eigenvalue weighted by atomic mass is 9.84. The maximum atomic E-state index is 12.1. The number of nitrogens with one attached hydrogen (secondary N) is 1. The first-order valence-electron chi connectivity index (χ1n) is 6.47. The molecule has 0 aliphatic carbocycles. The van der Waals surface area contributed by atoms with Gasteiger partial charge in [-0.1, -0.05) is 0 Å². The number of hydrogen-bond acceptors (Lipinski definition) is 4. The SMILES string of the molecule is Nc1ccc(C(=O)NC2CN3CCC2CC3)cn1. The largest absolute Gasteiger partial charge is 0.384 e. The minimum atomic E-state index is -0.0405. The van der Waals surface area contributed by atoms with E-state index >= 15 is 0 Å². The second-order valence-electron chi connectivity index (χ2n) is 5.19. The van der Waals surface area contributed by atoms with Gasteiger partial charge in [-0.3, -0.25) is 4.79 Å². The number of anilines is 1. The highest BCUT2D eigenvalue weighted by atomic mass is 16.1. The zero-order valence-electron chi connectivity index (χ0n) is 10.3. The van der Waals surface area contributed by atoms with Gasteiger partial charge in [-0.15, -0.1) is 0 Å². The van der Waals surface area contributed by atoms with Crippen molar-refractivity contribution in [3.8, 4) is 0 Å². The van der Waals surface area contributed by atoms with Crippen molar-refractivity contribution in [3.05, 3.63) is 23.9 Å². The van der Waals surface area contributed by atoms with Gasteiger partial charge in [0, 0.05) is 18.8 Å². The van der Waals surface area contributed by atoms with E-state index in [4.69, 9.17) is 5.73 Å². The number of piperidine rings is 3. The van der Waals surface area contributed by atoms with Crippen molar-refractivity contribution in [1.29, 1.82) is 0 Å². The van der Waals surface area contributed by atoms with Crippen molar-refractivity contribution in [1.82, 2.24) is 15.2 Å². The van der Waals surface area contributed by atoms with Gasteiger partial charge in [-0.25, -0.2) is 4.98 Å². The molecule has 0 radical (unpaired) electrons. The molecule has 18 heavy (non-hydrogen) atoms. The average molecular weight is 246 g/mol. The van der Waals surface area contributed by atoms with Crippen LogP contribution in [0.15, 0.2) is 18.3 Å². The van der Waals surface area contributed by atoms with Crippen molar-refractivity contribution in [3.63, 3.8) is 0 Å². The third-order valence-electron chi connectivity index (χ3n) is 4.02. The van der Waals surface area contributed by atoms with Crippen LogP contribution in [0.2, 0.25) is 0 Å². The zero-order chi connectivity index (χ0) is 12.5. The normalized spacial score (nSPS) is 30.1. The van der Waals surface area contributed by atoms with Crippen LogP contribution in [0.1, 0.15) is 23.2 Å². The van der Waals surface area contributed by atoms with Gasteiger partial charge in [0.05, 0.1) is 5.56 Å². The van der Waals surface area contributed by atoms with Crippen LogP contribution >= 0.6 is 0 Å². The first-order chi connectivity index (χ1) is 8.72. The molecule has 0 aromatic carbocycles. The van der Waals surface area contributed by atoms with E-state index in [-0.39, 0.29) is 11.9 Å². The van der Waals surface area contributed by atoms with Crippen molar-refractivity contribution in [2.24, 2.45) is 5.92 Å². The second-order valence-corrected chi connectivity index (χ2v) is 5.19. The number of aromatic nitrogens is 1. The quantitative estimate of drug-likeness (QED) is 0.796. The van der Waals surface area contributed by atoms with E-state index in [0.717, 1.165) is 6.54 Å². The van der Waals surface area contributed by atoms with E-state index in [9.17, 15) is 4.79 Å². The predicted octanol–water partition coefficient (Wildman–Crippen LogP) is 0.488. The summed E-state index contributed by atoms with van der Waals surface area (Å²) in [7, 11) is 0. The van der Waals surface area contributed by atoms with E-state index in [0.29, 0.717) is 17.3 Å². The minimum absolute atomic E-state index is 0.0405. The Morgan fingerprint density at radius 1 is 1.39 bits per heavy atom. The molecule has 4 rings (SSSR count). The summed E-state index contributed by atoms with van der Waals surface area (Å²) in [5.74, 6) is 1.04. The summed E-state index contributed by atoms with van der Waals surface area (Å²) in [4.78, 5) is 18.5. The minimum Gasteiger partial charge on any atom is -0.384 e. The van der Waals surface area contributed by atoms with Crippen LogP contribution < -0.4 is 11.1 Å². The predicted molar refractivity (Wildman–Crippen MR) is 69.1 cm³/mol. The van der Waals surface area contributed by atoms with E-state index < -0.39 is 0 Å². The average Bonchev–Trinajstić information content (AvgIpc) is 2.41. The molecule has 1 aromatic heterocycles. The van der Waals surface area contributed by atoms with Gasteiger partial charge in [0.1, 0.15) is 5.82 Å². The van der Waals surface area contributed by atoms with Gasteiger partial charge in [0.15, 0.2) is 0 Å². The van der Waals surface area contributed by atoms with E-state index in [1.165, 1.54) is 32.1 Å². The van der Waals surface area contributed by atoms with Crippen LogP contribution in [0.4, 0.5) is 5.82 Å². The summed E-state index contributed by atoms with van der Waals surface area (Å²) in [6, 6.07) is 3.67. The molecule has 1 aromatic rings. The highest BCUT2D eigenvalue weighted by Gasteiger charge is 2.34. The standard InChI is InChI=1S/C13H18N4O/c14-12-2-1-10(7-15-12)13(18)16-11-8-17-5-3-9(11)4-6-17/h1-2,7,9,11H,3-6,8H2,(H2,14,15)(H,16,18). The summed E-state index contributed by atoms with van der Waals surface area (Å²) >= 11 is 0. The molecule has 3 saturated heterocycles. The van der Waals surface area contributed by atoms with Crippen molar-refractivity contribution >= 4 is 11.7 Å². The number of nitrogen functional groups attached to an aromatic ring is 1. The number of nitrogens with two attached hydrogens (primary N) is 1. The van der Waals surface area contributed by atoms with E-state index in [1.807, 2.05) is 0 Å². The number of amides is 1. The number of nitrogens with zero attached hydrogens (tertiary/aromatic N) is 2. The Hall–Kier alpha value is -1.62. The molecule has 0 spiro atoms. The number of hydrogen-bond donors (Lipinski definition) is 2. The summed E-state index contributed by atoms with van der Waals surface area (Å²) in [6.07, 6.45) is 3.93. The molecule has 2 bridgehead atoms. The number of carbonyl (C=O) groups is 1. The second kappa shape index (κ2) is 4.57.